The Morgan fingerprint density at radius 3 is 2.77 bits per heavy atom. The van der Waals surface area contributed by atoms with Crippen molar-refractivity contribution in [2.75, 3.05) is 51.7 Å². The molecule has 3 aliphatic heterocycles. The van der Waals surface area contributed by atoms with Crippen LogP contribution in [0.4, 0.5) is 5.69 Å². The number of hydrogen-bond donors (Lipinski definition) is 2. The number of aliphatic imine (C=N–C) groups is 1. The van der Waals surface area contributed by atoms with Crippen molar-refractivity contribution in [1.82, 2.24) is 9.80 Å². The Kier molecular flexibility index (Phi) is 6.27. The Labute approximate surface area is 148 Å². The van der Waals surface area contributed by atoms with Gasteiger partial charge in [-0.05, 0) is 12.1 Å². The quantitative estimate of drug-likeness (QED) is 0.436. The van der Waals surface area contributed by atoms with E-state index in [4.69, 9.17) is 10.5 Å². The highest BCUT2D eigenvalue weighted by Crippen LogP contribution is 2.17. The number of anilines is 1. The van der Waals surface area contributed by atoms with Crippen LogP contribution in [0.5, 0.6) is 5.75 Å². The normalized spacial score (nSPS) is 27.1. The molecule has 3 fully saturated rings. The zero-order chi connectivity index (χ0) is 14.7. The summed E-state index contributed by atoms with van der Waals surface area (Å²) < 4.78 is 5.19. The fraction of sp³-hybridized carbons (Fsp3) is 0.533. The number of halogens is 1. The van der Waals surface area contributed by atoms with Crippen LogP contribution in [-0.2, 0) is 0 Å². The third kappa shape index (κ3) is 4.23. The van der Waals surface area contributed by atoms with Crippen molar-refractivity contribution in [2.24, 2.45) is 10.7 Å². The van der Waals surface area contributed by atoms with E-state index in [1.54, 1.807) is 7.11 Å². The molecule has 0 amide bonds. The number of ether oxygens (including phenoxy) is 1. The molecular formula is C15H24IN5O. The first-order valence-corrected chi connectivity index (χ1v) is 7.42. The number of nitrogens with one attached hydrogen (secondary N) is 1. The van der Waals surface area contributed by atoms with Gasteiger partial charge in [-0.15, -0.1) is 24.0 Å². The molecule has 2 bridgehead atoms. The molecule has 3 N–H and O–H groups in total. The van der Waals surface area contributed by atoms with E-state index in [1.807, 2.05) is 24.3 Å². The Balaban J connectivity index is 0.00000176. The van der Waals surface area contributed by atoms with Crippen LogP contribution in [0.3, 0.4) is 0 Å². The van der Waals surface area contributed by atoms with Crippen LogP contribution in [0.1, 0.15) is 0 Å². The van der Waals surface area contributed by atoms with Gasteiger partial charge in [-0.25, -0.2) is 0 Å². The molecule has 0 saturated carbocycles. The smallest absolute Gasteiger partial charge is 0.193 e. The van der Waals surface area contributed by atoms with Crippen LogP contribution in [0.25, 0.3) is 0 Å². The number of methoxy groups -OCH3 is 1. The van der Waals surface area contributed by atoms with Crippen molar-refractivity contribution < 1.29 is 4.74 Å². The fourth-order valence-corrected chi connectivity index (χ4v) is 2.99. The summed E-state index contributed by atoms with van der Waals surface area (Å²) in [5, 5.41) is 3.12. The minimum absolute atomic E-state index is 0. The number of nitrogens with two attached hydrogens (primary N) is 1. The minimum Gasteiger partial charge on any atom is -0.497 e. The highest BCUT2D eigenvalue weighted by atomic mass is 127. The third-order valence-corrected chi connectivity index (χ3v) is 4.21. The molecule has 3 aliphatic rings. The molecule has 4 rings (SSSR count). The van der Waals surface area contributed by atoms with Gasteiger partial charge in [-0.3, -0.25) is 14.8 Å². The van der Waals surface area contributed by atoms with E-state index in [1.165, 1.54) is 13.1 Å². The molecule has 122 valence electrons. The molecule has 22 heavy (non-hydrogen) atoms. The van der Waals surface area contributed by atoms with Gasteiger partial charge in [-0.2, -0.15) is 0 Å². The van der Waals surface area contributed by atoms with Gasteiger partial charge in [0.05, 0.1) is 13.7 Å². The topological polar surface area (TPSA) is 66.1 Å². The lowest BCUT2D eigenvalue weighted by Gasteiger charge is -2.47. The number of nitrogens with zero attached hydrogens (tertiary/aromatic N) is 3. The molecule has 1 atom stereocenters. The molecule has 7 heteroatoms. The Hall–Kier alpha value is -1.06. The maximum Gasteiger partial charge on any atom is 0.193 e. The summed E-state index contributed by atoms with van der Waals surface area (Å²) in [4.78, 5) is 9.51. The number of hydrogen-bond acceptors (Lipinski definition) is 4. The fourth-order valence-electron chi connectivity index (χ4n) is 2.99. The predicted octanol–water partition coefficient (Wildman–Crippen LogP) is 1.04. The summed E-state index contributed by atoms with van der Waals surface area (Å²) >= 11 is 0. The van der Waals surface area contributed by atoms with Crippen LogP contribution in [0.2, 0.25) is 0 Å². The standard InChI is InChI=1S/C15H23N5O.HI/c1-21-14-4-2-3-12(9-14)18-15(16)17-10-13-11-19-5-7-20(13)8-6-19;/h2-4,9,13H,5-8,10-11H2,1H3,(H3,16,17,18);1H. The maximum atomic E-state index is 5.98. The van der Waals surface area contributed by atoms with E-state index < -0.39 is 0 Å². The molecule has 0 spiro atoms. The van der Waals surface area contributed by atoms with E-state index >= 15 is 0 Å². The summed E-state index contributed by atoms with van der Waals surface area (Å²) in [7, 11) is 1.65. The Morgan fingerprint density at radius 1 is 1.36 bits per heavy atom. The zero-order valence-corrected chi connectivity index (χ0v) is 15.2. The molecule has 1 aromatic rings. The van der Waals surface area contributed by atoms with Gasteiger partial charge in [0.25, 0.3) is 0 Å². The lowest BCUT2D eigenvalue weighted by molar-refractivity contribution is 0.0174. The maximum absolute atomic E-state index is 5.98. The molecule has 3 heterocycles. The van der Waals surface area contributed by atoms with E-state index in [-0.39, 0.29) is 24.0 Å². The number of guanidine groups is 1. The average molecular weight is 417 g/mol. The lowest BCUT2D eigenvalue weighted by atomic mass is 10.1. The lowest BCUT2D eigenvalue weighted by Crippen LogP contribution is -2.61. The first-order chi connectivity index (χ1) is 10.2. The highest BCUT2D eigenvalue weighted by molar-refractivity contribution is 14.0. The molecule has 1 unspecified atom stereocenters. The van der Waals surface area contributed by atoms with Gasteiger partial charge < -0.3 is 15.8 Å². The molecular weight excluding hydrogens is 393 g/mol. The molecule has 0 aromatic heterocycles. The number of benzene rings is 1. The number of piperazine rings is 3. The first-order valence-electron chi connectivity index (χ1n) is 7.42. The molecule has 3 saturated heterocycles. The van der Waals surface area contributed by atoms with Crippen molar-refractivity contribution in [2.45, 2.75) is 6.04 Å². The first kappa shape index (κ1) is 17.3. The van der Waals surface area contributed by atoms with E-state index in [2.05, 4.69) is 20.1 Å². The molecule has 0 aliphatic carbocycles. The van der Waals surface area contributed by atoms with Gasteiger partial charge in [0.15, 0.2) is 5.96 Å². The summed E-state index contributed by atoms with van der Waals surface area (Å²) in [5.74, 6) is 1.26. The molecule has 6 nitrogen and oxygen atoms in total. The van der Waals surface area contributed by atoms with Gasteiger partial charge in [0, 0.05) is 50.5 Å². The van der Waals surface area contributed by atoms with Gasteiger partial charge in [0.1, 0.15) is 5.75 Å². The van der Waals surface area contributed by atoms with E-state index in [0.29, 0.717) is 12.0 Å². The summed E-state index contributed by atoms with van der Waals surface area (Å²) in [6.45, 7) is 6.55. The largest absolute Gasteiger partial charge is 0.497 e. The van der Waals surface area contributed by atoms with Crippen LogP contribution in [0, 0.1) is 0 Å². The Bertz CT molecular complexity index is 516. The second-order valence-corrected chi connectivity index (χ2v) is 5.57. The van der Waals surface area contributed by atoms with Gasteiger partial charge in [0.2, 0.25) is 0 Å². The van der Waals surface area contributed by atoms with Crippen molar-refractivity contribution in [3.05, 3.63) is 24.3 Å². The van der Waals surface area contributed by atoms with Crippen LogP contribution in [-0.4, -0.2) is 68.2 Å². The van der Waals surface area contributed by atoms with Crippen molar-refractivity contribution in [3.8, 4) is 5.75 Å². The van der Waals surface area contributed by atoms with E-state index in [0.717, 1.165) is 37.6 Å². The zero-order valence-electron chi connectivity index (χ0n) is 12.9. The monoisotopic (exact) mass is 417 g/mol. The highest BCUT2D eigenvalue weighted by Gasteiger charge is 2.31. The molecule has 0 radical (unpaired) electrons. The third-order valence-electron chi connectivity index (χ3n) is 4.21. The summed E-state index contributed by atoms with van der Waals surface area (Å²) in [6.07, 6.45) is 0. The van der Waals surface area contributed by atoms with Crippen LogP contribution in [0.15, 0.2) is 29.3 Å². The number of fused-ring (bicyclic) bond motifs is 3. The second kappa shape index (κ2) is 7.98. The Morgan fingerprint density at radius 2 is 2.14 bits per heavy atom. The minimum atomic E-state index is 0. The van der Waals surface area contributed by atoms with Gasteiger partial charge in [-0.1, -0.05) is 6.07 Å². The van der Waals surface area contributed by atoms with E-state index in [9.17, 15) is 0 Å². The SMILES string of the molecule is COc1cccc(NC(N)=NCC2CN3CCN2CC3)c1.I. The van der Waals surface area contributed by atoms with Gasteiger partial charge >= 0.3 is 0 Å². The van der Waals surface area contributed by atoms with Crippen LogP contribution < -0.4 is 15.8 Å². The predicted molar refractivity (Wildman–Crippen MR) is 100 cm³/mol. The van der Waals surface area contributed by atoms with Crippen molar-refractivity contribution >= 4 is 35.6 Å². The van der Waals surface area contributed by atoms with Crippen molar-refractivity contribution in [3.63, 3.8) is 0 Å². The summed E-state index contributed by atoms with van der Waals surface area (Å²) in [5.41, 5.74) is 6.87. The van der Waals surface area contributed by atoms with Crippen molar-refractivity contribution in [1.29, 1.82) is 0 Å². The number of rotatable bonds is 4. The molecule has 1 aromatic carbocycles. The summed E-state index contributed by atoms with van der Waals surface area (Å²) in [6, 6.07) is 8.17. The van der Waals surface area contributed by atoms with Crippen LogP contribution >= 0.6 is 24.0 Å². The average Bonchev–Trinajstić information content (AvgIpc) is 2.54. The second-order valence-electron chi connectivity index (χ2n) is 5.57.